The van der Waals surface area contributed by atoms with E-state index in [2.05, 4.69) is 45.2 Å². The Labute approximate surface area is 351 Å². The van der Waals surface area contributed by atoms with Gasteiger partial charge in [-0.25, -0.2) is 19.6 Å². The van der Waals surface area contributed by atoms with Crippen molar-refractivity contribution >= 4 is 51.6 Å². The Morgan fingerprint density at radius 1 is 0.750 bits per heavy atom. The number of ether oxygens (including phenoxy) is 2. The van der Waals surface area contributed by atoms with Crippen LogP contribution in [0.2, 0.25) is 0 Å². The molecule has 60 heavy (non-hydrogen) atoms. The molecule has 3 aliphatic heterocycles. The highest BCUT2D eigenvalue weighted by atomic mass is 16.5. The third kappa shape index (κ3) is 8.68. The van der Waals surface area contributed by atoms with Crippen LogP contribution in [0.15, 0.2) is 53.5 Å². The molecule has 0 saturated carbocycles. The summed E-state index contributed by atoms with van der Waals surface area (Å²) in [6, 6.07) is 14.7. The highest BCUT2D eigenvalue weighted by Gasteiger charge is 2.42. The molecule has 15 heteroatoms. The molecule has 2 fully saturated rings. The van der Waals surface area contributed by atoms with Gasteiger partial charge in [-0.15, -0.1) is 0 Å². The van der Waals surface area contributed by atoms with Gasteiger partial charge in [0.25, 0.3) is 0 Å². The van der Waals surface area contributed by atoms with Crippen LogP contribution in [-0.4, -0.2) is 113 Å². The minimum absolute atomic E-state index is 0.00507. The zero-order valence-corrected chi connectivity index (χ0v) is 35.6. The quantitative estimate of drug-likeness (QED) is 0.111. The molecular weight excluding hydrogens is 763 g/mol. The predicted octanol–water partition coefficient (Wildman–Crippen LogP) is 6.47. The number of H-pyrrole nitrogens is 1. The van der Waals surface area contributed by atoms with Crippen molar-refractivity contribution in [3.8, 4) is 11.3 Å². The summed E-state index contributed by atoms with van der Waals surface area (Å²) >= 11 is 0. The predicted molar refractivity (Wildman–Crippen MR) is 230 cm³/mol. The molecule has 3 aliphatic rings. The molecule has 2 saturated heterocycles. The smallest absolute Gasteiger partial charge is 0.407 e. The summed E-state index contributed by atoms with van der Waals surface area (Å²) < 4.78 is 9.73. The molecule has 4 aromatic rings. The second kappa shape index (κ2) is 18.8. The van der Waals surface area contributed by atoms with Crippen LogP contribution in [0.3, 0.4) is 0 Å². The molecule has 2 aromatic carbocycles. The van der Waals surface area contributed by atoms with E-state index in [0.717, 1.165) is 102 Å². The highest BCUT2D eigenvalue weighted by Crippen LogP contribution is 2.35. The Morgan fingerprint density at radius 2 is 1.37 bits per heavy atom. The first kappa shape index (κ1) is 42.6. The number of hydrogen-bond donors (Lipinski definition) is 4. The van der Waals surface area contributed by atoms with E-state index in [1.54, 1.807) is 0 Å². The molecule has 15 nitrogen and oxygen atoms in total. The minimum Gasteiger partial charge on any atom is -0.453 e. The number of likely N-dealkylation sites (tertiary alicyclic amines) is 2. The Kier molecular flexibility index (Phi) is 13.3. The van der Waals surface area contributed by atoms with Gasteiger partial charge >= 0.3 is 12.2 Å². The van der Waals surface area contributed by atoms with Crippen molar-refractivity contribution in [2.45, 2.75) is 109 Å². The first-order chi connectivity index (χ1) is 29.1. The van der Waals surface area contributed by atoms with Gasteiger partial charge in [0.2, 0.25) is 11.8 Å². The van der Waals surface area contributed by atoms with Crippen LogP contribution in [0.1, 0.15) is 96.5 Å². The van der Waals surface area contributed by atoms with E-state index in [1.165, 1.54) is 14.2 Å². The molecule has 0 spiro atoms. The van der Waals surface area contributed by atoms with Crippen LogP contribution in [0, 0.1) is 11.8 Å². The third-order valence-corrected chi connectivity index (χ3v) is 12.9. The number of hydrogen-bond acceptors (Lipinski definition) is 10. The lowest BCUT2D eigenvalue weighted by molar-refractivity contribution is -0.136. The van der Waals surface area contributed by atoms with Gasteiger partial charge in [-0.3, -0.25) is 19.9 Å². The van der Waals surface area contributed by atoms with Crippen LogP contribution in [0.5, 0.6) is 0 Å². The van der Waals surface area contributed by atoms with E-state index < -0.39 is 24.3 Å². The number of carbonyl (C=O) groups excluding carboxylic acids is 4. The maximum absolute atomic E-state index is 14.0. The summed E-state index contributed by atoms with van der Waals surface area (Å²) in [4.78, 5) is 74.7. The van der Waals surface area contributed by atoms with E-state index >= 15 is 0 Å². The van der Waals surface area contributed by atoms with E-state index in [4.69, 9.17) is 24.4 Å². The molecule has 0 radical (unpaired) electrons. The number of carbonyl (C=O) groups is 4. The fraction of sp³-hybridized carbons (Fsp3) is 0.533. The number of aromatic amines is 1. The number of aromatic nitrogens is 3. The molecule has 5 heterocycles. The van der Waals surface area contributed by atoms with Crippen molar-refractivity contribution in [3.05, 3.63) is 59.9 Å². The summed E-state index contributed by atoms with van der Waals surface area (Å²) in [7, 11) is 2.63. The molecular formula is C45H59N9O6. The molecule has 0 aliphatic carbocycles. The number of methoxy groups -OCH3 is 2. The van der Waals surface area contributed by atoms with Gasteiger partial charge in [-0.2, -0.15) is 0 Å². The summed E-state index contributed by atoms with van der Waals surface area (Å²) in [5.41, 5.74) is 6.23. The zero-order chi connectivity index (χ0) is 42.5. The average molecular weight is 822 g/mol. The number of amides is 4. The lowest BCUT2D eigenvalue weighted by Crippen LogP contribution is -2.56. The zero-order valence-electron chi connectivity index (χ0n) is 35.6. The molecule has 0 bridgehead atoms. The van der Waals surface area contributed by atoms with Crippen LogP contribution < -0.4 is 16.0 Å². The Morgan fingerprint density at radius 3 is 2.03 bits per heavy atom. The van der Waals surface area contributed by atoms with Crippen molar-refractivity contribution in [3.63, 3.8) is 0 Å². The Hall–Kier alpha value is -5.57. The van der Waals surface area contributed by atoms with Crippen LogP contribution in [0.4, 0.5) is 9.59 Å². The van der Waals surface area contributed by atoms with Crippen molar-refractivity contribution in [1.29, 1.82) is 0 Å². The van der Waals surface area contributed by atoms with Crippen LogP contribution in [0.25, 0.3) is 33.2 Å². The number of benzene rings is 2. The van der Waals surface area contributed by atoms with Crippen molar-refractivity contribution in [2.75, 3.05) is 33.9 Å². The van der Waals surface area contributed by atoms with Crippen molar-refractivity contribution in [2.24, 2.45) is 16.8 Å². The van der Waals surface area contributed by atoms with Gasteiger partial charge in [-0.1, -0.05) is 71.6 Å². The number of alkyl carbamates (subject to hydrolysis) is 2. The summed E-state index contributed by atoms with van der Waals surface area (Å²) in [6.07, 6.45) is 4.92. The molecule has 5 atom stereocenters. The highest BCUT2D eigenvalue weighted by molar-refractivity contribution is 6.05. The van der Waals surface area contributed by atoms with Crippen molar-refractivity contribution < 1.29 is 28.7 Å². The third-order valence-electron chi connectivity index (χ3n) is 12.9. The standard InChI is InChI=1S/C45H59N9O6/c1-7-26(8-2)38(51-44(57)59-5)42(55)53-21-11-13-36(53)40-46-25-35(50-40)29-16-19-31-28(23-29)15-18-32(47-31)30-17-20-33-34(24-30)49-41(48-33)37-14-12-22-54(37)43(56)39(27(9-3)10-4)52-45(58)60-6/h15-20,23-24,26-27,36-40,46H,7-14,21-22,25H2,1-6H3,(H,48,49)(H,51,57)(H,52,58). The normalized spacial score (nSPS) is 20.2. The van der Waals surface area contributed by atoms with Gasteiger partial charge in [0.05, 0.1) is 54.3 Å². The van der Waals surface area contributed by atoms with E-state index in [1.807, 2.05) is 61.8 Å². The fourth-order valence-electron chi connectivity index (χ4n) is 9.39. The Balaban J connectivity index is 1.06. The molecule has 7 rings (SSSR count). The summed E-state index contributed by atoms with van der Waals surface area (Å²) in [5.74, 6) is 0.536. The number of nitrogens with zero attached hydrogens (tertiary/aromatic N) is 5. The van der Waals surface area contributed by atoms with Gasteiger partial charge in [0.15, 0.2) is 0 Å². The van der Waals surface area contributed by atoms with Crippen molar-refractivity contribution in [1.82, 2.24) is 40.7 Å². The lowest BCUT2D eigenvalue weighted by Gasteiger charge is -2.34. The second-order valence-corrected chi connectivity index (χ2v) is 16.2. The van der Waals surface area contributed by atoms with Crippen LogP contribution >= 0.6 is 0 Å². The maximum atomic E-state index is 14.0. The monoisotopic (exact) mass is 821 g/mol. The largest absolute Gasteiger partial charge is 0.453 e. The fourth-order valence-corrected chi connectivity index (χ4v) is 9.39. The van der Waals surface area contributed by atoms with E-state index in [9.17, 15) is 19.2 Å². The van der Waals surface area contributed by atoms with Gasteiger partial charge in [0.1, 0.15) is 24.1 Å². The first-order valence-electron chi connectivity index (χ1n) is 21.6. The summed E-state index contributed by atoms with van der Waals surface area (Å²) in [6.45, 7) is 9.94. The molecule has 4 N–H and O–H groups in total. The minimum atomic E-state index is -0.671. The number of fused-ring (bicyclic) bond motifs is 2. The molecule has 320 valence electrons. The lowest BCUT2D eigenvalue weighted by atomic mass is 9.92. The number of aliphatic imine (C=N–C) groups is 1. The SMILES string of the molecule is CCC(CC)C(NC(=O)OC)C(=O)N1CCCC1c1nc2ccc(-c3ccc4cc(C5=NC(C6CCCN6C(=O)C(NC(=O)OC)C(CC)CC)NC5)ccc4n3)cc2[nH]1. The maximum Gasteiger partial charge on any atom is 0.407 e. The number of imidazole rings is 1. The van der Waals surface area contributed by atoms with Crippen LogP contribution in [-0.2, 0) is 19.1 Å². The Bertz CT molecular complexity index is 2230. The number of nitrogens with one attached hydrogen (secondary N) is 4. The number of rotatable bonds is 14. The molecule has 2 aromatic heterocycles. The van der Waals surface area contributed by atoms with Gasteiger partial charge in [-0.05, 0) is 73.4 Å². The molecule has 5 unspecified atom stereocenters. The molecule has 4 amide bonds. The number of pyridine rings is 1. The average Bonchev–Trinajstić information content (AvgIpc) is 4.12. The second-order valence-electron chi connectivity index (χ2n) is 16.2. The van der Waals surface area contributed by atoms with E-state index in [0.29, 0.717) is 19.6 Å². The van der Waals surface area contributed by atoms with Gasteiger partial charge < -0.3 is 34.9 Å². The van der Waals surface area contributed by atoms with E-state index in [-0.39, 0.29) is 41.9 Å². The van der Waals surface area contributed by atoms with Gasteiger partial charge in [0, 0.05) is 30.6 Å². The summed E-state index contributed by atoms with van der Waals surface area (Å²) in [5, 5.41) is 10.2. The first-order valence-corrected chi connectivity index (χ1v) is 21.6. The topological polar surface area (TPSA) is 183 Å².